The van der Waals surface area contributed by atoms with Gasteiger partial charge < -0.3 is 9.64 Å². The number of methoxy groups -OCH3 is 1. The van der Waals surface area contributed by atoms with Gasteiger partial charge in [0.25, 0.3) is 0 Å². The van der Waals surface area contributed by atoms with Gasteiger partial charge in [0, 0.05) is 6.54 Å². The third-order valence-electron chi connectivity index (χ3n) is 2.79. The maximum Gasteiger partial charge on any atom is 0.118 e. The number of alkyl halides is 1. The maximum absolute atomic E-state index is 6.37. The summed E-state index contributed by atoms with van der Waals surface area (Å²) < 4.78 is 5.12. The van der Waals surface area contributed by atoms with E-state index in [4.69, 9.17) is 16.3 Å². The first kappa shape index (κ1) is 13.3. The summed E-state index contributed by atoms with van der Waals surface area (Å²) in [5.41, 5.74) is 1.15. The SMILES string of the molecule is CCN(CC)CC(Cl)c1ccc(OC)cc1. The molecule has 0 fully saturated rings. The Bertz CT molecular complexity index is 295. The number of hydrogen-bond acceptors (Lipinski definition) is 2. The Morgan fingerprint density at radius 1 is 1.19 bits per heavy atom. The zero-order valence-corrected chi connectivity index (χ0v) is 11.0. The first-order chi connectivity index (χ1) is 7.71. The zero-order chi connectivity index (χ0) is 12.0. The van der Waals surface area contributed by atoms with Crippen LogP contribution >= 0.6 is 11.6 Å². The number of hydrogen-bond donors (Lipinski definition) is 0. The Balaban J connectivity index is 2.61. The van der Waals surface area contributed by atoms with Crippen LogP contribution in [-0.2, 0) is 0 Å². The summed E-state index contributed by atoms with van der Waals surface area (Å²) in [6.45, 7) is 7.27. The third kappa shape index (κ3) is 3.69. The molecule has 1 aromatic rings. The molecule has 0 bridgehead atoms. The Morgan fingerprint density at radius 3 is 2.19 bits per heavy atom. The molecule has 16 heavy (non-hydrogen) atoms. The number of nitrogens with zero attached hydrogens (tertiary/aromatic N) is 1. The summed E-state index contributed by atoms with van der Waals surface area (Å²) in [6, 6.07) is 7.96. The van der Waals surface area contributed by atoms with Crippen molar-refractivity contribution in [3.8, 4) is 5.75 Å². The molecule has 1 aromatic carbocycles. The van der Waals surface area contributed by atoms with E-state index < -0.39 is 0 Å². The standard InChI is InChI=1S/C13H20ClNO/c1-4-15(5-2)10-13(14)11-6-8-12(16-3)9-7-11/h6-9,13H,4-5,10H2,1-3H3. The predicted octanol–water partition coefficient (Wildman–Crippen LogP) is 3.32. The predicted molar refractivity (Wildman–Crippen MR) is 69.4 cm³/mol. The highest BCUT2D eigenvalue weighted by Crippen LogP contribution is 2.23. The molecule has 0 spiro atoms. The van der Waals surface area contributed by atoms with Crippen molar-refractivity contribution in [2.75, 3.05) is 26.7 Å². The number of halogens is 1. The minimum Gasteiger partial charge on any atom is -0.497 e. The first-order valence-electron chi connectivity index (χ1n) is 5.71. The van der Waals surface area contributed by atoms with Crippen LogP contribution in [0.4, 0.5) is 0 Å². The van der Waals surface area contributed by atoms with Crippen molar-refractivity contribution in [3.63, 3.8) is 0 Å². The lowest BCUT2D eigenvalue weighted by molar-refractivity contribution is 0.304. The van der Waals surface area contributed by atoms with Crippen molar-refractivity contribution >= 4 is 11.6 Å². The summed E-state index contributed by atoms with van der Waals surface area (Å²) >= 11 is 6.37. The van der Waals surface area contributed by atoms with Crippen LogP contribution in [0.1, 0.15) is 24.8 Å². The Kier molecular flexibility index (Phi) is 5.64. The van der Waals surface area contributed by atoms with Crippen molar-refractivity contribution in [1.29, 1.82) is 0 Å². The third-order valence-corrected chi connectivity index (χ3v) is 3.18. The molecule has 0 aliphatic carbocycles. The van der Waals surface area contributed by atoms with Gasteiger partial charge in [-0.05, 0) is 30.8 Å². The van der Waals surface area contributed by atoms with E-state index in [2.05, 4.69) is 18.7 Å². The molecule has 0 N–H and O–H groups in total. The van der Waals surface area contributed by atoms with E-state index >= 15 is 0 Å². The Hall–Kier alpha value is -0.730. The molecule has 0 aromatic heterocycles. The topological polar surface area (TPSA) is 12.5 Å². The largest absolute Gasteiger partial charge is 0.497 e. The fraction of sp³-hybridized carbons (Fsp3) is 0.538. The van der Waals surface area contributed by atoms with Gasteiger partial charge in [-0.25, -0.2) is 0 Å². The van der Waals surface area contributed by atoms with Crippen LogP contribution < -0.4 is 4.74 Å². The molecule has 0 saturated carbocycles. The monoisotopic (exact) mass is 241 g/mol. The number of rotatable bonds is 6. The van der Waals surface area contributed by atoms with Crippen LogP contribution in [0, 0.1) is 0 Å². The molecule has 0 aliphatic heterocycles. The molecule has 0 radical (unpaired) electrons. The Labute approximate surface area is 103 Å². The molecule has 3 heteroatoms. The Morgan fingerprint density at radius 2 is 1.75 bits per heavy atom. The molecular formula is C13H20ClNO. The molecule has 1 unspecified atom stereocenters. The van der Waals surface area contributed by atoms with Crippen LogP contribution in [0.15, 0.2) is 24.3 Å². The van der Waals surface area contributed by atoms with Gasteiger partial charge in [0.15, 0.2) is 0 Å². The second-order valence-electron chi connectivity index (χ2n) is 3.73. The van der Waals surface area contributed by atoms with Gasteiger partial charge in [0.05, 0.1) is 12.5 Å². The van der Waals surface area contributed by atoms with Gasteiger partial charge in [-0.3, -0.25) is 0 Å². The minimum atomic E-state index is 0.0470. The van der Waals surface area contributed by atoms with E-state index in [0.29, 0.717) is 0 Å². The van der Waals surface area contributed by atoms with Crippen molar-refractivity contribution in [3.05, 3.63) is 29.8 Å². The lowest BCUT2D eigenvalue weighted by atomic mass is 10.1. The van der Waals surface area contributed by atoms with Gasteiger partial charge in [-0.15, -0.1) is 11.6 Å². The second kappa shape index (κ2) is 6.77. The fourth-order valence-corrected chi connectivity index (χ4v) is 1.97. The quantitative estimate of drug-likeness (QED) is 0.709. The van der Waals surface area contributed by atoms with E-state index in [1.54, 1.807) is 7.11 Å². The van der Waals surface area contributed by atoms with E-state index in [9.17, 15) is 0 Å². The molecule has 2 nitrogen and oxygen atoms in total. The highest BCUT2D eigenvalue weighted by molar-refractivity contribution is 6.21. The molecule has 1 rings (SSSR count). The van der Waals surface area contributed by atoms with E-state index in [0.717, 1.165) is 30.9 Å². The van der Waals surface area contributed by atoms with E-state index in [1.807, 2.05) is 24.3 Å². The van der Waals surface area contributed by atoms with E-state index in [-0.39, 0.29) is 5.38 Å². The number of benzene rings is 1. The molecular weight excluding hydrogens is 222 g/mol. The van der Waals surface area contributed by atoms with Crippen LogP contribution in [0.5, 0.6) is 5.75 Å². The van der Waals surface area contributed by atoms with Crippen molar-refractivity contribution in [2.24, 2.45) is 0 Å². The average Bonchev–Trinajstić information content (AvgIpc) is 2.35. The van der Waals surface area contributed by atoms with Gasteiger partial charge in [0.2, 0.25) is 0 Å². The first-order valence-corrected chi connectivity index (χ1v) is 6.15. The maximum atomic E-state index is 6.37. The number of ether oxygens (including phenoxy) is 1. The molecule has 90 valence electrons. The lowest BCUT2D eigenvalue weighted by Gasteiger charge is -2.21. The summed E-state index contributed by atoms with van der Waals surface area (Å²) in [5.74, 6) is 0.871. The minimum absolute atomic E-state index is 0.0470. The summed E-state index contributed by atoms with van der Waals surface area (Å²) in [5, 5.41) is 0.0470. The molecule has 0 heterocycles. The van der Waals surface area contributed by atoms with Gasteiger partial charge in [-0.1, -0.05) is 26.0 Å². The highest BCUT2D eigenvalue weighted by Gasteiger charge is 2.11. The molecule has 0 saturated heterocycles. The fourth-order valence-electron chi connectivity index (χ4n) is 1.63. The van der Waals surface area contributed by atoms with Crippen molar-refractivity contribution in [1.82, 2.24) is 4.90 Å². The highest BCUT2D eigenvalue weighted by atomic mass is 35.5. The van der Waals surface area contributed by atoms with Gasteiger partial charge >= 0.3 is 0 Å². The average molecular weight is 242 g/mol. The normalized spacial score (nSPS) is 12.8. The van der Waals surface area contributed by atoms with Gasteiger partial charge in [0.1, 0.15) is 5.75 Å². The molecule has 0 aliphatic rings. The zero-order valence-electron chi connectivity index (χ0n) is 10.2. The second-order valence-corrected chi connectivity index (χ2v) is 4.25. The molecule has 0 amide bonds. The van der Waals surface area contributed by atoms with Crippen LogP contribution in [0.3, 0.4) is 0 Å². The number of likely N-dealkylation sites (N-methyl/N-ethyl adjacent to an activating group) is 1. The van der Waals surface area contributed by atoms with Crippen LogP contribution in [0.2, 0.25) is 0 Å². The van der Waals surface area contributed by atoms with Crippen LogP contribution in [-0.4, -0.2) is 31.6 Å². The van der Waals surface area contributed by atoms with E-state index in [1.165, 1.54) is 0 Å². The summed E-state index contributed by atoms with van der Waals surface area (Å²) in [6.07, 6.45) is 0. The lowest BCUT2D eigenvalue weighted by Crippen LogP contribution is -2.26. The summed E-state index contributed by atoms with van der Waals surface area (Å²) in [7, 11) is 1.67. The van der Waals surface area contributed by atoms with Gasteiger partial charge in [-0.2, -0.15) is 0 Å². The van der Waals surface area contributed by atoms with Crippen LogP contribution in [0.25, 0.3) is 0 Å². The smallest absolute Gasteiger partial charge is 0.118 e. The van der Waals surface area contributed by atoms with Crippen molar-refractivity contribution in [2.45, 2.75) is 19.2 Å². The molecule has 1 atom stereocenters. The van der Waals surface area contributed by atoms with Crippen molar-refractivity contribution < 1.29 is 4.74 Å². The summed E-state index contributed by atoms with van der Waals surface area (Å²) in [4.78, 5) is 2.32.